The average molecular weight is 210 g/mol. The van der Waals surface area contributed by atoms with E-state index in [9.17, 15) is 0 Å². The van der Waals surface area contributed by atoms with Crippen molar-refractivity contribution < 1.29 is 4.74 Å². The van der Waals surface area contributed by atoms with Crippen molar-refractivity contribution in [3.8, 4) is 0 Å². The molecular formula is C12H22OSi. The van der Waals surface area contributed by atoms with Gasteiger partial charge in [0.15, 0.2) is 0 Å². The zero-order valence-electron chi connectivity index (χ0n) is 9.62. The third-order valence-electron chi connectivity index (χ3n) is 2.38. The molecule has 1 aliphatic carbocycles. The minimum absolute atomic E-state index is 0.389. The van der Waals surface area contributed by atoms with Crippen LogP contribution in [0.3, 0.4) is 0 Å². The van der Waals surface area contributed by atoms with E-state index in [1.165, 1.54) is 11.6 Å². The van der Waals surface area contributed by atoms with Crippen LogP contribution in [0.25, 0.3) is 0 Å². The fraction of sp³-hybridized carbons (Fsp3) is 0.667. The SMILES string of the molecule is CCCOC(C[SiH](C)C)C1=CCC=C1. The van der Waals surface area contributed by atoms with Crippen molar-refractivity contribution in [2.75, 3.05) is 6.61 Å². The molecule has 0 aromatic heterocycles. The van der Waals surface area contributed by atoms with Crippen LogP contribution < -0.4 is 0 Å². The molecule has 0 radical (unpaired) electrons. The summed E-state index contributed by atoms with van der Waals surface area (Å²) in [5.74, 6) is 0. The molecule has 0 spiro atoms. The Morgan fingerprint density at radius 3 is 2.79 bits per heavy atom. The first-order valence-corrected chi connectivity index (χ1v) is 8.84. The molecule has 80 valence electrons. The van der Waals surface area contributed by atoms with E-state index in [0.29, 0.717) is 6.10 Å². The summed E-state index contributed by atoms with van der Waals surface area (Å²) in [4.78, 5) is 0. The van der Waals surface area contributed by atoms with Crippen molar-refractivity contribution in [3.63, 3.8) is 0 Å². The quantitative estimate of drug-likeness (QED) is 0.612. The van der Waals surface area contributed by atoms with Crippen LogP contribution in [0.5, 0.6) is 0 Å². The van der Waals surface area contributed by atoms with Crippen molar-refractivity contribution in [1.29, 1.82) is 0 Å². The Hall–Kier alpha value is -0.343. The summed E-state index contributed by atoms with van der Waals surface area (Å²) < 4.78 is 5.90. The highest BCUT2D eigenvalue weighted by Gasteiger charge is 2.16. The molecule has 0 fully saturated rings. The van der Waals surface area contributed by atoms with Gasteiger partial charge in [-0.25, -0.2) is 0 Å². The molecule has 14 heavy (non-hydrogen) atoms. The fourth-order valence-corrected chi connectivity index (χ4v) is 2.97. The normalized spacial score (nSPS) is 17.6. The van der Waals surface area contributed by atoms with Crippen LogP contribution in [-0.2, 0) is 4.74 Å². The topological polar surface area (TPSA) is 9.23 Å². The molecule has 0 bridgehead atoms. The van der Waals surface area contributed by atoms with Crippen LogP contribution in [0, 0.1) is 0 Å². The molecule has 0 amide bonds. The van der Waals surface area contributed by atoms with Crippen LogP contribution in [-0.4, -0.2) is 21.5 Å². The third-order valence-corrected chi connectivity index (χ3v) is 3.75. The number of rotatable bonds is 6. The van der Waals surface area contributed by atoms with Gasteiger partial charge in [0.25, 0.3) is 0 Å². The summed E-state index contributed by atoms with van der Waals surface area (Å²) in [6, 6.07) is 1.27. The Kier molecular flexibility index (Phi) is 5.19. The Labute approximate surface area is 89.5 Å². The summed E-state index contributed by atoms with van der Waals surface area (Å²) in [5, 5.41) is 0. The predicted octanol–water partition coefficient (Wildman–Crippen LogP) is 3.15. The van der Waals surface area contributed by atoms with E-state index in [1.54, 1.807) is 0 Å². The first-order valence-electron chi connectivity index (χ1n) is 5.72. The van der Waals surface area contributed by atoms with Crippen molar-refractivity contribution in [2.24, 2.45) is 0 Å². The third kappa shape index (κ3) is 3.80. The number of hydrogen-bond donors (Lipinski definition) is 0. The van der Waals surface area contributed by atoms with Gasteiger partial charge < -0.3 is 4.74 Å². The summed E-state index contributed by atoms with van der Waals surface area (Å²) in [6.07, 6.45) is 9.36. The van der Waals surface area contributed by atoms with Gasteiger partial charge in [0.2, 0.25) is 0 Å². The van der Waals surface area contributed by atoms with Crippen LogP contribution >= 0.6 is 0 Å². The zero-order valence-corrected chi connectivity index (χ0v) is 10.8. The van der Waals surface area contributed by atoms with E-state index in [0.717, 1.165) is 19.4 Å². The summed E-state index contributed by atoms with van der Waals surface area (Å²) >= 11 is 0. The molecule has 0 N–H and O–H groups in total. The van der Waals surface area contributed by atoms with Crippen LogP contribution in [0.1, 0.15) is 19.8 Å². The van der Waals surface area contributed by atoms with Crippen molar-refractivity contribution in [1.82, 2.24) is 0 Å². The van der Waals surface area contributed by atoms with Gasteiger partial charge in [0, 0.05) is 15.4 Å². The average Bonchev–Trinajstić information content (AvgIpc) is 2.64. The van der Waals surface area contributed by atoms with Crippen LogP contribution in [0.15, 0.2) is 23.8 Å². The highest BCUT2D eigenvalue weighted by atomic mass is 28.3. The van der Waals surface area contributed by atoms with Gasteiger partial charge >= 0.3 is 0 Å². The molecule has 1 unspecified atom stereocenters. The second-order valence-electron chi connectivity index (χ2n) is 4.33. The first-order chi connectivity index (χ1) is 6.74. The van der Waals surface area contributed by atoms with Gasteiger partial charge in [-0.15, -0.1) is 0 Å². The fourth-order valence-electron chi connectivity index (χ4n) is 1.70. The standard InChI is InChI=1S/C12H22OSi/c1-4-9-13-12(10-14(2)3)11-7-5-6-8-11/h5,7-8,12,14H,4,6,9-10H2,1-3H3. The molecule has 0 saturated carbocycles. The lowest BCUT2D eigenvalue weighted by molar-refractivity contribution is 0.0923. The minimum Gasteiger partial charge on any atom is -0.374 e. The van der Waals surface area contributed by atoms with E-state index < -0.39 is 8.80 Å². The van der Waals surface area contributed by atoms with Gasteiger partial charge in [0.1, 0.15) is 0 Å². The second kappa shape index (κ2) is 6.20. The molecule has 1 aliphatic rings. The molecule has 0 aromatic rings. The minimum atomic E-state index is -0.527. The maximum Gasteiger partial charge on any atom is 0.0795 e. The van der Waals surface area contributed by atoms with Gasteiger partial charge in [-0.3, -0.25) is 0 Å². The molecule has 0 saturated heterocycles. The van der Waals surface area contributed by atoms with E-state index in [-0.39, 0.29) is 0 Å². The molecule has 1 rings (SSSR count). The zero-order chi connectivity index (χ0) is 10.4. The lowest BCUT2D eigenvalue weighted by atomic mass is 10.2. The van der Waals surface area contributed by atoms with E-state index >= 15 is 0 Å². The second-order valence-corrected chi connectivity index (χ2v) is 7.59. The van der Waals surface area contributed by atoms with Crippen LogP contribution in [0.4, 0.5) is 0 Å². The number of allylic oxidation sites excluding steroid dienone is 2. The molecule has 1 nitrogen and oxygen atoms in total. The summed E-state index contributed by atoms with van der Waals surface area (Å²) in [6.45, 7) is 7.85. The highest BCUT2D eigenvalue weighted by Crippen LogP contribution is 2.20. The Morgan fingerprint density at radius 1 is 1.50 bits per heavy atom. The Morgan fingerprint density at radius 2 is 2.29 bits per heavy atom. The first kappa shape index (κ1) is 11.7. The molecule has 0 aliphatic heterocycles. The molecule has 0 aromatic carbocycles. The summed E-state index contributed by atoms with van der Waals surface area (Å²) in [5.41, 5.74) is 1.42. The van der Waals surface area contributed by atoms with Crippen LogP contribution in [0.2, 0.25) is 19.1 Å². The van der Waals surface area contributed by atoms with E-state index in [4.69, 9.17) is 4.74 Å². The predicted molar refractivity (Wildman–Crippen MR) is 65.6 cm³/mol. The van der Waals surface area contributed by atoms with Crippen molar-refractivity contribution >= 4 is 8.80 Å². The monoisotopic (exact) mass is 210 g/mol. The molecule has 0 heterocycles. The number of hydrogen-bond acceptors (Lipinski definition) is 1. The molecule has 1 atom stereocenters. The highest BCUT2D eigenvalue weighted by molar-refractivity contribution is 6.55. The van der Waals surface area contributed by atoms with Crippen molar-refractivity contribution in [3.05, 3.63) is 23.8 Å². The van der Waals surface area contributed by atoms with E-state index in [1.807, 2.05) is 0 Å². The smallest absolute Gasteiger partial charge is 0.0795 e. The maximum absolute atomic E-state index is 5.90. The van der Waals surface area contributed by atoms with Crippen molar-refractivity contribution in [2.45, 2.75) is 45.0 Å². The lowest BCUT2D eigenvalue weighted by Crippen LogP contribution is -2.20. The van der Waals surface area contributed by atoms with Gasteiger partial charge in [-0.2, -0.15) is 0 Å². The van der Waals surface area contributed by atoms with E-state index in [2.05, 4.69) is 38.2 Å². The summed E-state index contributed by atoms with van der Waals surface area (Å²) in [7, 11) is -0.527. The Bertz CT molecular complexity index is 218. The van der Waals surface area contributed by atoms with Gasteiger partial charge in [-0.05, 0) is 24.5 Å². The molecule has 2 heteroatoms. The van der Waals surface area contributed by atoms with Gasteiger partial charge in [-0.1, -0.05) is 38.2 Å². The van der Waals surface area contributed by atoms with Gasteiger partial charge in [0.05, 0.1) is 6.10 Å². The molecular weight excluding hydrogens is 188 g/mol. The number of ether oxygens (including phenoxy) is 1. The Balaban J connectivity index is 2.47. The lowest BCUT2D eigenvalue weighted by Gasteiger charge is -2.19. The maximum atomic E-state index is 5.90. The largest absolute Gasteiger partial charge is 0.374 e.